The van der Waals surface area contributed by atoms with E-state index in [2.05, 4.69) is 42.8 Å². The Hall–Kier alpha value is -1.12. The maximum Gasteiger partial charge on any atom is 0.0233 e. The Morgan fingerprint density at radius 1 is 1.26 bits per heavy atom. The van der Waals surface area contributed by atoms with E-state index >= 15 is 0 Å². The van der Waals surface area contributed by atoms with Crippen LogP contribution in [0.1, 0.15) is 31.2 Å². The van der Waals surface area contributed by atoms with Gasteiger partial charge in [-0.3, -0.25) is 4.90 Å². The maximum atomic E-state index is 5.92. The van der Waals surface area contributed by atoms with Gasteiger partial charge < -0.3 is 5.73 Å². The predicted molar refractivity (Wildman–Crippen MR) is 82.9 cm³/mol. The molecule has 19 heavy (non-hydrogen) atoms. The summed E-state index contributed by atoms with van der Waals surface area (Å²) >= 11 is 0. The summed E-state index contributed by atoms with van der Waals surface area (Å²) in [6.45, 7) is 5.99. The van der Waals surface area contributed by atoms with Crippen LogP contribution in [0.3, 0.4) is 0 Å². The molecule has 2 nitrogen and oxygen atoms in total. The molecule has 1 saturated carbocycles. The summed E-state index contributed by atoms with van der Waals surface area (Å²) in [5.41, 5.74) is 8.37. The third-order valence-electron chi connectivity index (χ3n) is 4.36. The number of hydrogen-bond acceptors (Lipinski definition) is 2. The van der Waals surface area contributed by atoms with Crippen molar-refractivity contribution in [3.8, 4) is 0 Å². The van der Waals surface area contributed by atoms with Gasteiger partial charge in [0, 0.05) is 12.6 Å². The molecule has 0 bridgehead atoms. The molecule has 0 aliphatic heterocycles. The summed E-state index contributed by atoms with van der Waals surface area (Å²) in [4.78, 5) is 2.45. The van der Waals surface area contributed by atoms with Gasteiger partial charge in [0.1, 0.15) is 0 Å². The molecule has 1 aliphatic carbocycles. The monoisotopic (exact) mass is 258 g/mol. The molecule has 2 unspecified atom stereocenters. The summed E-state index contributed by atoms with van der Waals surface area (Å²) in [5.74, 6) is 0.655. The minimum Gasteiger partial charge on any atom is -0.330 e. The summed E-state index contributed by atoms with van der Waals surface area (Å²) in [5, 5.41) is 0. The van der Waals surface area contributed by atoms with Gasteiger partial charge in [-0.1, -0.05) is 49.8 Å². The maximum absolute atomic E-state index is 5.92. The van der Waals surface area contributed by atoms with Crippen LogP contribution in [-0.2, 0) is 0 Å². The third kappa shape index (κ3) is 3.68. The van der Waals surface area contributed by atoms with Crippen molar-refractivity contribution >= 4 is 5.57 Å². The number of hydrogen-bond donors (Lipinski definition) is 1. The van der Waals surface area contributed by atoms with Gasteiger partial charge in [0.05, 0.1) is 0 Å². The zero-order chi connectivity index (χ0) is 13.7. The minimum absolute atomic E-state index is 0.624. The molecule has 1 fully saturated rings. The molecule has 0 aromatic heterocycles. The lowest BCUT2D eigenvalue weighted by Gasteiger charge is -2.38. The van der Waals surface area contributed by atoms with E-state index in [1.165, 1.54) is 36.8 Å². The zero-order valence-corrected chi connectivity index (χ0v) is 12.0. The predicted octanol–water partition coefficient (Wildman–Crippen LogP) is 3.15. The molecule has 2 heteroatoms. The van der Waals surface area contributed by atoms with E-state index in [0.29, 0.717) is 12.0 Å². The number of nitrogens with zero attached hydrogens (tertiary/aromatic N) is 1. The summed E-state index contributed by atoms with van der Waals surface area (Å²) in [6, 6.07) is 11.1. The van der Waals surface area contributed by atoms with Crippen LogP contribution in [-0.4, -0.2) is 31.1 Å². The van der Waals surface area contributed by atoms with Crippen LogP contribution in [0.4, 0.5) is 0 Å². The van der Waals surface area contributed by atoms with Gasteiger partial charge in [-0.05, 0) is 43.5 Å². The normalized spacial score (nSPS) is 23.5. The molecule has 2 rings (SSSR count). The summed E-state index contributed by atoms with van der Waals surface area (Å²) in [6.07, 6.45) is 5.24. The lowest BCUT2D eigenvalue weighted by atomic mass is 9.83. The smallest absolute Gasteiger partial charge is 0.0233 e. The Morgan fingerprint density at radius 2 is 1.95 bits per heavy atom. The lowest BCUT2D eigenvalue weighted by Crippen LogP contribution is -2.43. The van der Waals surface area contributed by atoms with Crippen LogP contribution >= 0.6 is 0 Å². The average molecular weight is 258 g/mol. The molecule has 0 radical (unpaired) electrons. The molecule has 104 valence electrons. The number of nitrogens with two attached hydrogens (primary N) is 1. The first kappa shape index (κ1) is 14.3. The Balaban J connectivity index is 1.96. The third-order valence-corrected chi connectivity index (χ3v) is 4.36. The van der Waals surface area contributed by atoms with Crippen molar-refractivity contribution in [2.75, 3.05) is 20.1 Å². The molecule has 1 aromatic rings. The van der Waals surface area contributed by atoms with E-state index < -0.39 is 0 Å². The van der Waals surface area contributed by atoms with Crippen LogP contribution in [0, 0.1) is 5.92 Å². The van der Waals surface area contributed by atoms with Crippen molar-refractivity contribution in [3.05, 3.63) is 42.5 Å². The summed E-state index contributed by atoms with van der Waals surface area (Å²) < 4.78 is 0. The van der Waals surface area contributed by atoms with Gasteiger partial charge in [0.2, 0.25) is 0 Å². The minimum atomic E-state index is 0.624. The molecule has 0 amide bonds. The first-order valence-corrected chi connectivity index (χ1v) is 7.36. The van der Waals surface area contributed by atoms with E-state index in [1.807, 2.05) is 6.07 Å². The Morgan fingerprint density at radius 3 is 2.63 bits per heavy atom. The van der Waals surface area contributed by atoms with Gasteiger partial charge in [-0.2, -0.15) is 0 Å². The molecule has 0 saturated heterocycles. The first-order valence-electron chi connectivity index (χ1n) is 7.36. The molecule has 1 aromatic carbocycles. The van der Waals surface area contributed by atoms with Gasteiger partial charge in [0.15, 0.2) is 0 Å². The second-order valence-electron chi connectivity index (χ2n) is 5.73. The van der Waals surface area contributed by atoms with Gasteiger partial charge in [0.25, 0.3) is 0 Å². The molecular weight excluding hydrogens is 232 g/mol. The van der Waals surface area contributed by atoms with E-state index in [-0.39, 0.29) is 0 Å². The van der Waals surface area contributed by atoms with Crippen LogP contribution in [0.25, 0.3) is 5.57 Å². The van der Waals surface area contributed by atoms with Crippen molar-refractivity contribution in [1.82, 2.24) is 4.90 Å². The van der Waals surface area contributed by atoms with Crippen molar-refractivity contribution in [2.45, 2.75) is 31.7 Å². The highest BCUT2D eigenvalue weighted by molar-refractivity contribution is 5.64. The van der Waals surface area contributed by atoms with Crippen molar-refractivity contribution in [3.63, 3.8) is 0 Å². The summed E-state index contributed by atoms with van der Waals surface area (Å²) in [7, 11) is 2.22. The van der Waals surface area contributed by atoms with Crippen LogP contribution < -0.4 is 5.73 Å². The van der Waals surface area contributed by atoms with E-state index in [0.717, 1.165) is 13.1 Å². The van der Waals surface area contributed by atoms with Gasteiger partial charge in [-0.25, -0.2) is 0 Å². The van der Waals surface area contributed by atoms with E-state index in [1.54, 1.807) is 0 Å². The Labute approximate surface area is 117 Å². The highest BCUT2D eigenvalue weighted by Crippen LogP contribution is 2.28. The highest BCUT2D eigenvalue weighted by atomic mass is 15.1. The molecule has 0 spiro atoms. The van der Waals surface area contributed by atoms with Crippen molar-refractivity contribution in [1.29, 1.82) is 0 Å². The SMILES string of the molecule is C=C(CN(C)C1CCCCC1CN)c1ccccc1. The van der Waals surface area contributed by atoms with Crippen molar-refractivity contribution in [2.24, 2.45) is 11.7 Å². The fourth-order valence-electron chi connectivity index (χ4n) is 3.23. The number of benzene rings is 1. The molecule has 2 atom stereocenters. The lowest BCUT2D eigenvalue weighted by molar-refractivity contribution is 0.148. The topological polar surface area (TPSA) is 29.3 Å². The molecule has 2 N–H and O–H groups in total. The largest absolute Gasteiger partial charge is 0.330 e. The molecular formula is C17H26N2. The second-order valence-corrected chi connectivity index (χ2v) is 5.73. The standard InChI is InChI=1S/C17H26N2/c1-14(15-8-4-3-5-9-15)13-19(2)17-11-7-6-10-16(17)12-18/h3-5,8-9,16-17H,1,6-7,10-13,18H2,2H3. The van der Waals surface area contributed by atoms with E-state index in [4.69, 9.17) is 5.73 Å². The first-order chi connectivity index (χ1) is 9.22. The van der Waals surface area contributed by atoms with Crippen LogP contribution in [0.5, 0.6) is 0 Å². The van der Waals surface area contributed by atoms with Crippen LogP contribution in [0.2, 0.25) is 0 Å². The van der Waals surface area contributed by atoms with Crippen molar-refractivity contribution < 1.29 is 0 Å². The van der Waals surface area contributed by atoms with E-state index in [9.17, 15) is 0 Å². The molecule has 1 aliphatic rings. The van der Waals surface area contributed by atoms with Gasteiger partial charge >= 0.3 is 0 Å². The fourth-order valence-corrected chi connectivity index (χ4v) is 3.23. The van der Waals surface area contributed by atoms with Crippen LogP contribution in [0.15, 0.2) is 36.9 Å². The number of rotatable bonds is 5. The second kappa shape index (κ2) is 6.88. The quantitative estimate of drug-likeness (QED) is 0.879. The highest BCUT2D eigenvalue weighted by Gasteiger charge is 2.27. The average Bonchev–Trinajstić information content (AvgIpc) is 2.48. The number of likely N-dealkylation sites (N-methyl/N-ethyl adjacent to an activating group) is 1. The fraction of sp³-hybridized carbons (Fsp3) is 0.529. The Kier molecular flexibility index (Phi) is 5.17. The van der Waals surface area contributed by atoms with Gasteiger partial charge in [-0.15, -0.1) is 0 Å². The molecule has 0 heterocycles. The Bertz CT molecular complexity index is 399. The zero-order valence-electron chi connectivity index (χ0n) is 12.0.